The molecule has 1 amide bonds. The SMILES string of the molecule is CC(Sc1nnc(-c2c[nH]c3ccccc23)n1C1CC1)C(=O)Nc1ccc(Br)cc1. The van der Waals surface area contributed by atoms with Crippen molar-refractivity contribution >= 4 is 50.2 Å². The van der Waals surface area contributed by atoms with E-state index in [0.717, 1.165) is 50.4 Å². The van der Waals surface area contributed by atoms with Crippen molar-refractivity contribution in [3.8, 4) is 11.4 Å². The van der Waals surface area contributed by atoms with Crippen LogP contribution in [0.5, 0.6) is 0 Å². The number of carbonyl (C=O) groups excluding carboxylic acids is 1. The molecule has 1 unspecified atom stereocenters. The Morgan fingerprint density at radius 1 is 1.20 bits per heavy atom. The molecule has 2 heterocycles. The Balaban J connectivity index is 1.40. The van der Waals surface area contributed by atoms with Crippen LogP contribution in [0.25, 0.3) is 22.3 Å². The molecule has 0 bridgehead atoms. The number of fused-ring (bicyclic) bond motifs is 1. The van der Waals surface area contributed by atoms with E-state index in [4.69, 9.17) is 0 Å². The van der Waals surface area contributed by atoms with Crippen molar-refractivity contribution in [1.82, 2.24) is 19.7 Å². The third kappa shape index (κ3) is 3.77. The molecular weight excluding hydrogens is 462 g/mol. The number of benzene rings is 2. The molecule has 0 saturated heterocycles. The molecule has 0 radical (unpaired) electrons. The van der Waals surface area contributed by atoms with Gasteiger partial charge in [-0.1, -0.05) is 45.9 Å². The van der Waals surface area contributed by atoms with E-state index in [2.05, 4.69) is 53.1 Å². The second-order valence-electron chi connectivity index (χ2n) is 7.41. The Hall–Kier alpha value is -2.58. The highest BCUT2D eigenvalue weighted by Crippen LogP contribution is 2.42. The number of H-pyrrole nitrogens is 1. The van der Waals surface area contributed by atoms with Crippen molar-refractivity contribution in [3.63, 3.8) is 0 Å². The number of hydrogen-bond acceptors (Lipinski definition) is 4. The Bertz CT molecular complexity index is 1210. The maximum absolute atomic E-state index is 12.7. The summed E-state index contributed by atoms with van der Waals surface area (Å²) in [6.45, 7) is 1.90. The summed E-state index contributed by atoms with van der Waals surface area (Å²) in [7, 11) is 0. The largest absolute Gasteiger partial charge is 0.360 e. The number of nitrogens with one attached hydrogen (secondary N) is 2. The minimum atomic E-state index is -0.300. The Morgan fingerprint density at radius 3 is 2.73 bits per heavy atom. The minimum Gasteiger partial charge on any atom is -0.360 e. The highest BCUT2D eigenvalue weighted by atomic mass is 79.9. The van der Waals surface area contributed by atoms with E-state index in [0.29, 0.717) is 6.04 Å². The maximum Gasteiger partial charge on any atom is 0.237 e. The molecule has 30 heavy (non-hydrogen) atoms. The standard InChI is InChI=1S/C22H20BrN5OS/c1-13(21(29)25-15-8-6-14(23)7-9-15)30-22-27-26-20(28(22)16-10-11-16)18-12-24-19-5-3-2-4-17(18)19/h2-9,12-13,16,24H,10-11H2,1H3,(H,25,29). The molecular formula is C22H20BrN5OS. The topological polar surface area (TPSA) is 75.6 Å². The summed E-state index contributed by atoms with van der Waals surface area (Å²) in [5, 5.41) is 13.6. The Labute approximate surface area is 186 Å². The van der Waals surface area contributed by atoms with E-state index >= 15 is 0 Å². The molecule has 1 saturated carbocycles. The number of amides is 1. The summed E-state index contributed by atoms with van der Waals surface area (Å²) in [5.74, 6) is 0.805. The molecule has 152 valence electrons. The Morgan fingerprint density at radius 2 is 1.97 bits per heavy atom. The number of carbonyl (C=O) groups is 1. The van der Waals surface area contributed by atoms with Crippen LogP contribution in [0, 0.1) is 0 Å². The Kier molecular flexibility index (Phi) is 5.12. The molecule has 2 aromatic heterocycles. The van der Waals surface area contributed by atoms with Crippen molar-refractivity contribution in [3.05, 3.63) is 59.2 Å². The van der Waals surface area contributed by atoms with Crippen LogP contribution >= 0.6 is 27.7 Å². The number of anilines is 1. The van der Waals surface area contributed by atoms with E-state index in [1.165, 1.54) is 11.8 Å². The second kappa shape index (κ2) is 7.92. The first-order valence-electron chi connectivity index (χ1n) is 9.84. The molecule has 1 aliphatic carbocycles. The van der Waals surface area contributed by atoms with Gasteiger partial charge in [0.05, 0.1) is 5.25 Å². The van der Waals surface area contributed by atoms with Gasteiger partial charge in [-0.15, -0.1) is 10.2 Å². The van der Waals surface area contributed by atoms with Crippen LogP contribution in [-0.4, -0.2) is 30.9 Å². The third-order valence-corrected chi connectivity index (χ3v) is 6.76. The minimum absolute atomic E-state index is 0.0543. The predicted molar refractivity (Wildman–Crippen MR) is 124 cm³/mol. The van der Waals surface area contributed by atoms with Gasteiger partial charge in [0.25, 0.3) is 0 Å². The summed E-state index contributed by atoms with van der Waals surface area (Å²) >= 11 is 4.86. The van der Waals surface area contributed by atoms with E-state index < -0.39 is 0 Å². The van der Waals surface area contributed by atoms with Crippen molar-refractivity contribution < 1.29 is 4.79 Å². The molecule has 2 N–H and O–H groups in total. The van der Waals surface area contributed by atoms with Gasteiger partial charge in [0.1, 0.15) is 0 Å². The van der Waals surface area contributed by atoms with Gasteiger partial charge in [0.15, 0.2) is 11.0 Å². The fourth-order valence-corrected chi connectivity index (χ4v) is 4.63. The lowest BCUT2D eigenvalue weighted by atomic mass is 10.1. The van der Waals surface area contributed by atoms with Crippen LogP contribution in [-0.2, 0) is 4.79 Å². The molecule has 5 rings (SSSR count). The van der Waals surface area contributed by atoms with Crippen molar-refractivity contribution in [1.29, 1.82) is 0 Å². The number of aromatic nitrogens is 4. The number of nitrogens with zero attached hydrogens (tertiary/aromatic N) is 3. The average molecular weight is 482 g/mol. The van der Waals surface area contributed by atoms with Crippen LogP contribution in [0.4, 0.5) is 5.69 Å². The zero-order valence-electron chi connectivity index (χ0n) is 16.3. The summed E-state index contributed by atoms with van der Waals surface area (Å²) in [5.41, 5.74) is 2.90. The van der Waals surface area contributed by atoms with Crippen LogP contribution in [0.15, 0.2) is 64.4 Å². The summed E-state index contributed by atoms with van der Waals surface area (Å²) in [6, 6.07) is 16.2. The summed E-state index contributed by atoms with van der Waals surface area (Å²) in [4.78, 5) is 16.0. The van der Waals surface area contributed by atoms with Gasteiger partial charge in [-0.25, -0.2) is 0 Å². The number of halogens is 1. The maximum atomic E-state index is 12.7. The van der Waals surface area contributed by atoms with Crippen LogP contribution in [0.3, 0.4) is 0 Å². The molecule has 6 nitrogen and oxygen atoms in total. The lowest BCUT2D eigenvalue weighted by molar-refractivity contribution is -0.115. The third-order valence-electron chi connectivity index (χ3n) is 5.17. The average Bonchev–Trinajstić information content (AvgIpc) is 3.37. The van der Waals surface area contributed by atoms with E-state index in [-0.39, 0.29) is 11.2 Å². The second-order valence-corrected chi connectivity index (χ2v) is 9.64. The van der Waals surface area contributed by atoms with Crippen LogP contribution in [0.2, 0.25) is 0 Å². The monoisotopic (exact) mass is 481 g/mol. The first-order chi connectivity index (χ1) is 14.6. The zero-order valence-corrected chi connectivity index (χ0v) is 18.7. The van der Waals surface area contributed by atoms with Crippen molar-refractivity contribution in [2.24, 2.45) is 0 Å². The number of rotatable bonds is 6. The smallest absolute Gasteiger partial charge is 0.237 e. The fraction of sp³-hybridized carbons (Fsp3) is 0.227. The summed E-state index contributed by atoms with van der Waals surface area (Å²) in [6.07, 6.45) is 4.21. The molecule has 0 spiro atoms. The quantitative estimate of drug-likeness (QED) is 0.349. The number of aromatic amines is 1. The number of hydrogen-bond donors (Lipinski definition) is 2. The molecule has 2 aromatic carbocycles. The summed E-state index contributed by atoms with van der Waals surface area (Å²) < 4.78 is 3.18. The molecule has 0 aliphatic heterocycles. The first-order valence-corrected chi connectivity index (χ1v) is 11.5. The van der Waals surface area contributed by atoms with Crippen LogP contribution < -0.4 is 5.32 Å². The highest BCUT2D eigenvalue weighted by molar-refractivity contribution is 9.10. The number of para-hydroxylation sites is 1. The van der Waals surface area contributed by atoms with Crippen molar-refractivity contribution in [2.75, 3.05) is 5.32 Å². The predicted octanol–water partition coefficient (Wildman–Crippen LogP) is 5.64. The lowest BCUT2D eigenvalue weighted by Crippen LogP contribution is -2.22. The van der Waals surface area contributed by atoms with Crippen LogP contribution in [0.1, 0.15) is 25.8 Å². The van der Waals surface area contributed by atoms with E-state index in [1.807, 2.05) is 49.5 Å². The normalized spacial score (nSPS) is 14.7. The van der Waals surface area contributed by atoms with Gasteiger partial charge < -0.3 is 10.3 Å². The van der Waals surface area contributed by atoms with Gasteiger partial charge in [-0.2, -0.15) is 0 Å². The van der Waals surface area contributed by atoms with Crippen molar-refractivity contribution in [2.45, 2.75) is 36.2 Å². The molecule has 8 heteroatoms. The fourth-order valence-electron chi connectivity index (χ4n) is 3.45. The first kappa shape index (κ1) is 19.4. The lowest BCUT2D eigenvalue weighted by Gasteiger charge is -2.13. The molecule has 1 aliphatic rings. The number of thioether (sulfide) groups is 1. The van der Waals surface area contributed by atoms with E-state index in [9.17, 15) is 4.79 Å². The molecule has 1 fully saturated rings. The van der Waals surface area contributed by atoms with E-state index in [1.54, 1.807) is 0 Å². The van der Waals surface area contributed by atoms with Gasteiger partial charge >= 0.3 is 0 Å². The van der Waals surface area contributed by atoms with Gasteiger partial charge in [-0.3, -0.25) is 9.36 Å². The zero-order chi connectivity index (χ0) is 20.7. The molecule has 4 aromatic rings. The highest BCUT2D eigenvalue weighted by Gasteiger charge is 2.32. The van der Waals surface area contributed by atoms with Gasteiger partial charge in [0.2, 0.25) is 5.91 Å². The molecule has 1 atom stereocenters. The van der Waals surface area contributed by atoms with Gasteiger partial charge in [0, 0.05) is 38.9 Å². The van der Waals surface area contributed by atoms with Gasteiger partial charge in [-0.05, 0) is 50.1 Å².